The number of amides is 1. The quantitative estimate of drug-likeness (QED) is 0.911. The van der Waals surface area contributed by atoms with Gasteiger partial charge in [0.1, 0.15) is 5.75 Å². The number of carbonyl (C=O) groups excluding carboxylic acids is 1. The molecule has 2 rings (SSSR count). The summed E-state index contributed by atoms with van der Waals surface area (Å²) in [6, 6.07) is 12.7. The van der Waals surface area contributed by atoms with Crippen molar-refractivity contribution < 1.29 is 9.90 Å². The van der Waals surface area contributed by atoms with E-state index in [1.807, 2.05) is 24.3 Å². The van der Waals surface area contributed by atoms with Crippen molar-refractivity contribution in [1.82, 2.24) is 5.32 Å². The number of hydrogen-bond acceptors (Lipinski definition) is 2. The second-order valence-corrected chi connectivity index (χ2v) is 5.18. The van der Waals surface area contributed by atoms with Crippen molar-refractivity contribution in [3.8, 4) is 5.75 Å². The maximum Gasteiger partial charge on any atom is 0.251 e. The first kappa shape index (κ1) is 13.6. The van der Waals surface area contributed by atoms with E-state index in [2.05, 4.69) is 21.2 Å². The van der Waals surface area contributed by atoms with Crippen LogP contribution in [0.1, 0.15) is 21.5 Å². The SMILES string of the molecule is Cc1c(O)cccc1C(=O)NCc1cccc(Br)c1. The molecule has 2 aromatic carbocycles. The standard InChI is InChI=1S/C15H14BrNO2/c1-10-13(6-3-7-14(10)18)15(19)17-9-11-4-2-5-12(16)8-11/h2-8,18H,9H2,1H3,(H,17,19). The summed E-state index contributed by atoms with van der Waals surface area (Å²) in [5.41, 5.74) is 2.10. The van der Waals surface area contributed by atoms with Gasteiger partial charge in [-0.2, -0.15) is 0 Å². The van der Waals surface area contributed by atoms with Crippen molar-refractivity contribution in [2.45, 2.75) is 13.5 Å². The van der Waals surface area contributed by atoms with Crippen molar-refractivity contribution in [2.75, 3.05) is 0 Å². The molecule has 0 aliphatic carbocycles. The normalized spacial score (nSPS) is 10.2. The molecule has 19 heavy (non-hydrogen) atoms. The minimum atomic E-state index is -0.187. The largest absolute Gasteiger partial charge is 0.508 e. The van der Waals surface area contributed by atoms with Crippen LogP contribution in [-0.2, 0) is 6.54 Å². The lowest BCUT2D eigenvalue weighted by Gasteiger charge is -2.09. The first-order valence-corrected chi connectivity index (χ1v) is 6.68. The molecule has 0 aliphatic rings. The lowest BCUT2D eigenvalue weighted by Crippen LogP contribution is -2.23. The van der Waals surface area contributed by atoms with Crippen molar-refractivity contribution in [3.63, 3.8) is 0 Å². The van der Waals surface area contributed by atoms with E-state index in [4.69, 9.17) is 0 Å². The predicted molar refractivity (Wildman–Crippen MR) is 78.2 cm³/mol. The highest BCUT2D eigenvalue weighted by Crippen LogP contribution is 2.19. The van der Waals surface area contributed by atoms with Gasteiger partial charge < -0.3 is 10.4 Å². The van der Waals surface area contributed by atoms with E-state index in [0.717, 1.165) is 10.0 Å². The molecule has 0 saturated heterocycles. The van der Waals surface area contributed by atoms with E-state index in [0.29, 0.717) is 17.7 Å². The third-order valence-corrected chi connectivity index (χ3v) is 3.39. The molecule has 2 N–H and O–H groups in total. The summed E-state index contributed by atoms with van der Waals surface area (Å²) in [4.78, 5) is 12.0. The molecule has 0 radical (unpaired) electrons. The Morgan fingerprint density at radius 2 is 2.00 bits per heavy atom. The van der Waals surface area contributed by atoms with Gasteiger partial charge in [-0.3, -0.25) is 4.79 Å². The van der Waals surface area contributed by atoms with Crippen LogP contribution in [0, 0.1) is 6.92 Å². The second kappa shape index (κ2) is 5.89. The summed E-state index contributed by atoms with van der Waals surface area (Å²) in [6.45, 7) is 2.18. The summed E-state index contributed by atoms with van der Waals surface area (Å²) in [7, 11) is 0. The fourth-order valence-corrected chi connectivity index (χ4v) is 2.24. The van der Waals surface area contributed by atoms with Gasteiger partial charge in [0.05, 0.1) is 0 Å². The summed E-state index contributed by atoms with van der Waals surface area (Å²) in [6.07, 6.45) is 0. The van der Waals surface area contributed by atoms with Crippen LogP contribution < -0.4 is 5.32 Å². The molecule has 0 spiro atoms. The van der Waals surface area contributed by atoms with Gasteiger partial charge in [0.25, 0.3) is 5.91 Å². The van der Waals surface area contributed by atoms with Gasteiger partial charge in [-0.25, -0.2) is 0 Å². The number of rotatable bonds is 3. The monoisotopic (exact) mass is 319 g/mol. The van der Waals surface area contributed by atoms with E-state index >= 15 is 0 Å². The number of benzene rings is 2. The minimum absolute atomic E-state index is 0.134. The van der Waals surface area contributed by atoms with Crippen LogP contribution in [0.4, 0.5) is 0 Å². The van der Waals surface area contributed by atoms with Crippen molar-refractivity contribution >= 4 is 21.8 Å². The zero-order valence-electron chi connectivity index (χ0n) is 10.5. The summed E-state index contributed by atoms with van der Waals surface area (Å²) < 4.78 is 0.979. The Kier molecular flexibility index (Phi) is 4.22. The third-order valence-electron chi connectivity index (χ3n) is 2.89. The number of halogens is 1. The van der Waals surface area contributed by atoms with Crippen molar-refractivity contribution in [3.05, 3.63) is 63.6 Å². The van der Waals surface area contributed by atoms with Crippen molar-refractivity contribution in [1.29, 1.82) is 0 Å². The van der Waals surface area contributed by atoms with Crippen LogP contribution in [0.25, 0.3) is 0 Å². The molecule has 0 bridgehead atoms. The molecule has 1 amide bonds. The Morgan fingerprint density at radius 1 is 1.26 bits per heavy atom. The van der Waals surface area contributed by atoms with Gasteiger partial charge in [0, 0.05) is 22.1 Å². The highest BCUT2D eigenvalue weighted by Gasteiger charge is 2.10. The minimum Gasteiger partial charge on any atom is -0.508 e. The third kappa shape index (κ3) is 3.35. The Hall–Kier alpha value is -1.81. The highest BCUT2D eigenvalue weighted by atomic mass is 79.9. The molecule has 0 saturated carbocycles. The molecule has 0 heterocycles. The average Bonchev–Trinajstić information content (AvgIpc) is 2.39. The second-order valence-electron chi connectivity index (χ2n) is 4.26. The molecule has 0 unspecified atom stereocenters. The Balaban J connectivity index is 2.08. The van der Waals surface area contributed by atoms with E-state index in [-0.39, 0.29) is 11.7 Å². The van der Waals surface area contributed by atoms with E-state index in [9.17, 15) is 9.90 Å². The maximum atomic E-state index is 12.0. The number of phenols is 1. The Morgan fingerprint density at radius 3 is 2.74 bits per heavy atom. The molecular weight excluding hydrogens is 306 g/mol. The first-order valence-electron chi connectivity index (χ1n) is 5.89. The first-order chi connectivity index (χ1) is 9.08. The van der Waals surface area contributed by atoms with Gasteiger partial charge in [0.15, 0.2) is 0 Å². The molecule has 0 aromatic heterocycles. The number of nitrogens with one attached hydrogen (secondary N) is 1. The zero-order valence-corrected chi connectivity index (χ0v) is 12.1. The summed E-state index contributed by atoms with van der Waals surface area (Å²) in [5.74, 6) is -0.0523. The Bertz CT molecular complexity index is 611. The average molecular weight is 320 g/mol. The van der Waals surface area contributed by atoms with Crippen LogP contribution >= 0.6 is 15.9 Å². The van der Waals surface area contributed by atoms with E-state index < -0.39 is 0 Å². The molecule has 3 nitrogen and oxygen atoms in total. The predicted octanol–water partition coefficient (Wildman–Crippen LogP) is 3.39. The fraction of sp³-hybridized carbons (Fsp3) is 0.133. The summed E-state index contributed by atoms with van der Waals surface area (Å²) >= 11 is 3.39. The number of aromatic hydroxyl groups is 1. The van der Waals surface area contributed by atoms with Crippen LogP contribution in [-0.4, -0.2) is 11.0 Å². The Labute approximate surface area is 120 Å². The van der Waals surface area contributed by atoms with Gasteiger partial charge in [-0.15, -0.1) is 0 Å². The molecule has 0 atom stereocenters. The van der Waals surface area contributed by atoms with Crippen LogP contribution in [0.2, 0.25) is 0 Å². The van der Waals surface area contributed by atoms with Gasteiger partial charge in [-0.1, -0.05) is 34.1 Å². The topological polar surface area (TPSA) is 49.3 Å². The maximum absolute atomic E-state index is 12.0. The smallest absolute Gasteiger partial charge is 0.251 e. The lowest BCUT2D eigenvalue weighted by molar-refractivity contribution is 0.0950. The number of phenolic OH excluding ortho intramolecular Hbond substituents is 1. The van der Waals surface area contributed by atoms with Crippen LogP contribution in [0.3, 0.4) is 0 Å². The van der Waals surface area contributed by atoms with Gasteiger partial charge in [-0.05, 0) is 36.8 Å². The van der Waals surface area contributed by atoms with Crippen molar-refractivity contribution in [2.24, 2.45) is 0 Å². The lowest BCUT2D eigenvalue weighted by atomic mass is 10.1. The molecule has 98 valence electrons. The molecule has 4 heteroatoms. The number of hydrogen-bond donors (Lipinski definition) is 2. The van der Waals surface area contributed by atoms with Gasteiger partial charge >= 0.3 is 0 Å². The summed E-state index contributed by atoms with van der Waals surface area (Å²) in [5, 5.41) is 12.4. The van der Waals surface area contributed by atoms with Crippen LogP contribution in [0.5, 0.6) is 5.75 Å². The highest BCUT2D eigenvalue weighted by molar-refractivity contribution is 9.10. The molecular formula is C15H14BrNO2. The molecule has 0 aliphatic heterocycles. The molecule has 2 aromatic rings. The van der Waals surface area contributed by atoms with E-state index in [1.165, 1.54) is 0 Å². The number of carbonyl (C=O) groups is 1. The van der Waals surface area contributed by atoms with Gasteiger partial charge in [0.2, 0.25) is 0 Å². The fourth-order valence-electron chi connectivity index (χ4n) is 1.79. The molecule has 0 fully saturated rings. The van der Waals surface area contributed by atoms with Crippen LogP contribution in [0.15, 0.2) is 46.9 Å². The zero-order chi connectivity index (χ0) is 13.8. The van der Waals surface area contributed by atoms with E-state index in [1.54, 1.807) is 25.1 Å².